The summed E-state index contributed by atoms with van der Waals surface area (Å²) in [5, 5.41) is 3.80. The second-order valence-corrected chi connectivity index (χ2v) is 6.52. The Morgan fingerprint density at radius 1 is 1.17 bits per heavy atom. The summed E-state index contributed by atoms with van der Waals surface area (Å²) in [5.41, 5.74) is 2.90. The minimum atomic E-state index is 0.724. The van der Waals surface area contributed by atoms with Crippen LogP contribution in [0, 0.1) is 12.8 Å². The van der Waals surface area contributed by atoms with E-state index in [0.717, 1.165) is 23.9 Å². The molecule has 0 spiro atoms. The molecule has 18 heavy (non-hydrogen) atoms. The molecule has 2 saturated carbocycles. The van der Waals surface area contributed by atoms with Crippen LogP contribution in [0.3, 0.4) is 0 Å². The molecule has 1 aromatic rings. The van der Waals surface area contributed by atoms with Gasteiger partial charge >= 0.3 is 0 Å². The summed E-state index contributed by atoms with van der Waals surface area (Å²) in [6.07, 6.45) is 7.01. The number of benzene rings is 1. The average Bonchev–Trinajstić information content (AvgIpc) is 3.08. The second-order valence-electron chi connectivity index (χ2n) is 6.52. The maximum Gasteiger partial charge on any atom is 0.00812 e. The molecule has 0 bridgehead atoms. The smallest absolute Gasteiger partial charge is 0.00812 e. The molecule has 1 N–H and O–H groups in total. The van der Waals surface area contributed by atoms with E-state index in [1.54, 1.807) is 0 Å². The van der Waals surface area contributed by atoms with Crippen molar-refractivity contribution in [1.29, 1.82) is 0 Å². The zero-order valence-electron chi connectivity index (χ0n) is 11.7. The fourth-order valence-electron chi connectivity index (χ4n) is 3.19. The van der Waals surface area contributed by atoms with Gasteiger partial charge in [-0.05, 0) is 50.5 Å². The van der Waals surface area contributed by atoms with Crippen LogP contribution in [0.4, 0.5) is 0 Å². The van der Waals surface area contributed by atoms with Crippen LogP contribution >= 0.6 is 0 Å². The van der Waals surface area contributed by atoms with Gasteiger partial charge < -0.3 is 5.32 Å². The van der Waals surface area contributed by atoms with Gasteiger partial charge in [0.25, 0.3) is 0 Å². The highest BCUT2D eigenvalue weighted by Crippen LogP contribution is 2.38. The molecule has 3 rings (SSSR count). The first-order valence-corrected chi connectivity index (χ1v) is 7.53. The molecule has 1 nitrogen and oxygen atoms in total. The number of nitrogens with one attached hydrogen (secondary N) is 1. The lowest BCUT2D eigenvalue weighted by molar-refractivity contribution is 0.262. The van der Waals surface area contributed by atoms with Crippen molar-refractivity contribution in [3.05, 3.63) is 35.4 Å². The Bertz CT molecular complexity index is 385. The summed E-state index contributed by atoms with van der Waals surface area (Å²) in [6, 6.07) is 10.6. The molecule has 1 atom stereocenters. The Labute approximate surface area is 111 Å². The monoisotopic (exact) mass is 243 g/mol. The first kappa shape index (κ1) is 12.2. The molecule has 0 aromatic heterocycles. The van der Waals surface area contributed by atoms with Crippen LogP contribution in [0.1, 0.15) is 56.1 Å². The highest BCUT2D eigenvalue weighted by atomic mass is 15.0. The average molecular weight is 243 g/mol. The Balaban J connectivity index is 1.43. The SMILES string of the molecule is Cc1ccc(C2CC(NC(C)CC3CC3)C2)cc1. The molecule has 0 radical (unpaired) electrons. The molecule has 2 aliphatic carbocycles. The van der Waals surface area contributed by atoms with Crippen LogP contribution in [-0.2, 0) is 0 Å². The molecule has 2 aliphatic rings. The Kier molecular flexibility index (Phi) is 3.43. The zero-order valence-corrected chi connectivity index (χ0v) is 11.7. The van der Waals surface area contributed by atoms with E-state index in [0.29, 0.717) is 0 Å². The van der Waals surface area contributed by atoms with E-state index in [9.17, 15) is 0 Å². The number of rotatable bonds is 5. The molecule has 0 saturated heterocycles. The molecule has 1 unspecified atom stereocenters. The van der Waals surface area contributed by atoms with Gasteiger partial charge in [0, 0.05) is 12.1 Å². The lowest BCUT2D eigenvalue weighted by Crippen LogP contribution is -2.44. The topological polar surface area (TPSA) is 12.0 Å². The van der Waals surface area contributed by atoms with Crippen LogP contribution < -0.4 is 5.32 Å². The van der Waals surface area contributed by atoms with Crippen molar-refractivity contribution in [3.63, 3.8) is 0 Å². The second kappa shape index (κ2) is 5.05. The summed E-state index contributed by atoms with van der Waals surface area (Å²) in [7, 11) is 0. The maximum absolute atomic E-state index is 3.80. The van der Waals surface area contributed by atoms with Gasteiger partial charge in [-0.2, -0.15) is 0 Å². The van der Waals surface area contributed by atoms with Gasteiger partial charge in [-0.1, -0.05) is 42.7 Å². The van der Waals surface area contributed by atoms with Gasteiger partial charge in [0.1, 0.15) is 0 Å². The Morgan fingerprint density at radius 2 is 1.83 bits per heavy atom. The Morgan fingerprint density at radius 3 is 2.44 bits per heavy atom. The third-order valence-electron chi connectivity index (χ3n) is 4.59. The van der Waals surface area contributed by atoms with Crippen LogP contribution in [0.15, 0.2) is 24.3 Å². The van der Waals surface area contributed by atoms with E-state index in [-0.39, 0.29) is 0 Å². The number of hydrogen-bond acceptors (Lipinski definition) is 1. The molecular formula is C17H25N. The molecule has 1 aromatic carbocycles. The van der Waals surface area contributed by atoms with Crippen LogP contribution in [-0.4, -0.2) is 12.1 Å². The normalized spacial score (nSPS) is 28.8. The van der Waals surface area contributed by atoms with Crippen molar-refractivity contribution in [1.82, 2.24) is 5.32 Å². The van der Waals surface area contributed by atoms with Gasteiger partial charge in [-0.25, -0.2) is 0 Å². The summed E-state index contributed by atoms with van der Waals surface area (Å²) in [5.74, 6) is 1.84. The summed E-state index contributed by atoms with van der Waals surface area (Å²) < 4.78 is 0. The van der Waals surface area contributed by atoms with Crippen LogP contribution in [0.2, 0.25) is 0 Å². The van der Waals surface area contributed by atoms with Crippen molar-refractivity contribution < 1.29 is 0 Å². The predicted octanol–water partition coefficient (Wildman–Crippen LogP) is 4.02. The number of hydrogen-bond donors (Lipinski definition) is 1. The minimum Gasteiger partial charge on any atom is -0.311 e. The molecule has 0 aliphatic heterocycles. The fraction of sp³-hybridized carbons (Fsp3) is 0.647. The Hall–Kier alpha value is -0.820. The lowest BCUT2D eigenvalue weighted by atomic mass is 9.75. The molecule has 1 heteroatoms. The fourth-order valence-corrected chi connectivity index (χ4v) is 3.19. The van der Waals surface area contributed by atoms with E-state index in [2.05, 4.69) is 43.4 Å². The van der Waals surface area contributed by atoms with Crippen molar-refractivity contribution in [2.24, 2.45) is 5.92 Å². The number of aryl methyl sites for hydroxylation is 1. The van der Waals surface area contributed by atoms with Crippen LogP contribution in [0.5, 0.6) is 0 Å². The van der Waals surface area contributed by atoms with E-state index < -0.39 is 0 Å². The van der Waals surface area contributed by atoms with Crippen LogP contribution in [0.25, 0.3) is 0 Å². The third-order valence-corrected chi connectivity index (χ3v) is 4.59. The van der Waals surface area contributed by atoms with Gasteiger partial charge in [0.05, 0.1) is 0 Å². The molecule has 98 valence electrons. The van der Waals surface area contributed by atoms with E-state index in [4.69, 9.17) is 0 Å². The highest BCUT2D eigenvalue weighted by molar-refractivity contribution is 5.26. The molecule has 2 fully saturated rings. The van der Waals surface area contributed by atoms with Gasteiger partial charge in [0.2, 0.25) is 0 Å². The van der Waals surface area contributed by atoms with Crippen molar-refractivity contribution in [3.8, 4) is 0 Å². The predicted molar refractivity (Wildman–Crippen MR) is 76.9 cm³/mol. The lowest BCUT2D eigenvalue weighted by Gasteiger charge is -2.38. The standard InChI is InChI=1S/C17H25N/c1-12-3-7-15(8-4-12)16-10-17(11-16)18-13(2)9-14-5-6-14/h3-4,7-8,13-14,16-18H,5-6,9-11H2,1-2H3. The summed E-state index contributed by atoms with van der Waals surface area (Å²) in [6.45, 7) is 4.52. The molecule has 0 amide bonds. The van der Waals surface area contributed by atoms with Gasteiger partial charge in [-0.15, -0.1) is 0 Å². The van der Waals surface area contributed by atoms with E-state index >= 15 is 0 Å². The van der Waals surface area contributed by atoms with Crippen molar-refractivity contribution in [2.75, 3.05) is 0 Å². The largest absolute Gasteiger partial charge is 0.311 e. The third kappa shape index (κ3) is 2.95. The van der Waals surface area contributed by atoms with Gasteiger partial charge in [0.15, 0.2) is 0 Å². The maximum atomic E-state index is 3.80. The minimum absolute atomic E-state index is 0.724. The van der Waals surface area contributed by atoms with Crippen molar-refractivity contribution in [2.45, 2.75) is 64.0 Å². The molecular weight excluding hydrogens is 218 g/mol. The van der Waals surface area contributed by atoms with Crippen molar-refractivity contribution >= 4 is 0 Å². The summed E-state index contributed by atoms with van der Waals surface area (Å²) in [4.78, 5) is 0. The quantitative estimate of drug-likeness (QED) is 0.823. The van der Waals surface area contributed by atoms with E-state index in [1.165, 1.54) is 43.2 Å². The van der Waals surface area contributed by atoms with Gasteiger partial charge in [-0.3, -0.25) is 0 Å². The first-order valence-electron chi connectivity index (χ1n) is 7.53. The molecule has 0 heterocycles. The summed E-state index contributed by atoms with van der Waals surface area (Å²) >= 11 is 0. The zero-order chi connectivity index (χ0) is 12.5. The highest BCUT2D eigenvalue weighted by Gasteiger charge is 2.32. The first-order chi connectivity index (χ1) is 8.70. The van der Waals surface area contributed by atoms with E-state index in [1.807, 2.05) is 0 Å².